The molecule has 5 nitrogen and oxygen atoms in total. The van der Waals surface area contributed by atoms with Crippen LogP contribution in [0.2, 0.25) is 0 Å². The molecule has 21 heavy (non-hydrogen) atoms. The number of hydrogen-bond acceptors (Lipinski definition) is 3. The Hall–Kier alpha value is -1.40. The lowest BCUT2D eigenvalue weighted by Crippen LogP contribution is -2.48. The topological polar surface area (TPSA) is 75.3 Å². The van der Waals surface area contributed by atoms with Gasteiger partial charge in [-0.1, -0.05) is 37.5 Å². The Morgan fingerprint density at radius 1 is 1.14 bits per heavy atom. The second-order valence-corrected chi connectivity index (χ2v) is 7.21. The van der Waals surface area contributed by atoms with Gasteiger partial charge in [0.15, 0.2) is 0 Å². The Morgan fingerprint density at radius 3 is 2.38 bits per heavy atom. The monoisotopic (exact) mass is 310 g/mol. The largest absolute Gasteiger partial charge is 0.352 e. The third-order valence-electron chi connectivity index (χ3n) is 3.73. The molecule has 1 atom stereocenters. The molecule has 1 fully saturated rings. The highest BCUT2D eigenvalue weighted by molar-refractivity contribution is 7.89. The minimum absolute atomic E-state index is 0.169. The lowest BCUT2D eigenvalue weighted by atomic mass is 9.95. The van der Waals surface area contributed by atoms with E-state index < -0.39 is 16.1 Å². The van der Waals surface area contributed by atoms with Crippen molar-refractivity contribution in [1.82, 2.24) is 10.0 Å². The summed E-state index contributed by atoms with van der Waals surface area (Å²) in [6.45, 7) is 1.57. The fourth-order valence-corrected chi connectivity index (χ4v) is 3.75. The van der Waals surface area contributed by atoms with Crippen molar-refractivity contribution < 1.29 is 13.2 Å². The third-order valence-corrected chi connectivity index (χ3v) is 5.29. The van der Waals surface area contributed by atoms with E-state index >= 15 is 0 Å². The van der Waals surface area contributed by atoms with Crippen LogP contribution in [0.4, 0.5) is 0 Å². The average molecular weight is 310 g/mol. The molecule has 0 heterocycles. The van der Waals surface area contributed by atoms with Crippen molar-refractivity contribution in [2.24, 2.45) is 0 Å². The maximum atomic E-state index is 12.1. The first-order chi connectivity index (χ1) is 9.99. The van der Waals surface area contributed by atoms with E-state index in [1.54, 1.807) is 25.1 Å². The summed E-state index contributed by atoms with van der Waals surface area (Å²) >= 11 is 0. The molecule has 2 rings (SSSR count). The summed E-state index contributed by atoms with van der Waals surface area (Å²) in [4.78, 5) is 12.3. The number of carbonyl (C=O) groups excluding carboxylic acids is 1. The van der Waals surface area contributed by atoms with Crippen LogP contribution in [0.25, 0.3) is 0 Å². The van der Waals surface area contributed by atoms with Gasteiger partial charge in [0.05, 0.1) is 10.9 Å². The van der Waals surface area contributed by atoms with Crippen LogP contribution in [0, 0.1) is 0 Å². The predicted molar refractivity (Wildman–Crippen MR) is 81.2 cm³/mol. The SMILES string of the molecule is C[C@H](NS(=O)(=O)c1ccccc1)C(=O)NC1CCCCC1. The summed E-state index contributed by atoms with van der Waals surface area (Å²) < 4.78 is 26.7. The molecular weight excluding hydrogens is 288 g/mol. The molecule has 0 radical (unpaired) electrons. The molecule has 1 amide bonds. The molecule has 1 aliphatic carbocycles. The average Bonchev–Trinajstić information content (AvgIpc) is 2.48. The van der Waals surface area contributed by atoms with Gasteiger partial charge >= 0.3 is 0 Å². The molecule has 0 spiro atoms. The first-order valence-electron chi connectivity index (χ1n) is 7.37. The summed E-state index contributed by atoms with van der Waals surface area (Å²) in [7, 11) is -3.66. The second kappa shape index (κ2) is 7.04. The highest BCUT2D eigenvalue weighted by atomic mass is 32.2. The Bertz CT molecular complexity index is 566. The van der Waals surface area contributed by atoms with Crippen molar-refractivity contribution in [3.8, 4) is 0 Å². The number of benzene rings is 1. The van der Waals surface area contributed by atoms with Gasteiger partial charge in [-0.2, -0.15) is 4.72 Å². The maximum Gasteiger partial charge on any atom is 0.241 e. The van der Waals surface area contributed by atoms with Gasteiger partial charge in [0.2, 0.25) is 15.9 Å². The first kappa shape index (κ1) is 16.0. The number of sulfonamides is 1. The molecule has 116 valence electrons. The van der Waals surface area contributed by atoms with Gasteiger partial charge in [0.25, 0.3) is 0 Å². The molecule has 1 aliphatic rings. The van der Waals surface area contributed by atoms with Crippen molar-refractivity contribution in [1.29, 1.82) is 0 Å². The van der Waals surface area contributed by atoms with Crippen LogP contribution in [0.3, 0.4) is 0 Å². The summed E-state index contributed by atoms with van der Waals surface area (Å²) in [6, 6.07) is 7.47. The summed E-state index contributed by atoms with van der Waals surface area (Å²) in [6.07, 6.45) is 5.40. The minimum Gasteiger partial charge on any atom is -0.352 e. The fraction of sp³-hybridized carbons (Fsp3) is 0.533. The van der Waals surface area contributed by atoms with E-state index in [-0.39, 0.29) is 16.8 Å². The van der Waals surface area contributed by atoms with Crippen LogP contribution in [0.1, 0.15) is 39.0 Å². The van der Waals surface area contributed by atoms with Crippen molar-refractivity contribution in [3.05, 3.63) is 30.3 Å². The van der Waals surface area contributed by atoms with Gasteiger partial charge < -0.3 is 5.32 Å². The molecular formula is C15H22N2O3S. The zero-order valence-electron chi connectivity index (χ0n) is 12.2. The van der Waals surface area contributed by atoms with Gasteiger partial charge in [0, 0.05) is 6.04 Å². The van der Waals surface area contributed by atoms with E-state index in [0.717, 1.165) is 25.7 Å². The Kier molecular flexibility index (Phi) is 5.36. The molecule has 2 N–H and O–H groups in total. The van der Waals surface area contributed by atoms with E-state index in [2.05, 4.69) is 10.0 Å². The number of carbonyl (C=O) groups is 1. The van der Waals surface area contributed by atoms with Gasteiger partial charge in [-0.05, 0) is 31.9 Å². The Morgan fingerprint density at radius 2 is 1.76 bits per heavy atom. The highest BCUT2D eigenvalue weighted by Gasteiger charge is 2.24. The number of rotatable bonds is 5. The molecule has 0 bridgehead atoms. The van der Waals surface area contributed by atoms with E-state index in [4.69, 9.17) is 0 Å². The van der Waals surface area contributed by atoms with Crippen LogP contribution in [0.15, 0.2) is 35.2 Å². The molecule has 0 saturated heterocycles. The molecule has 0 aliphatic heterocycles. The van der Waals surface area contributed by atoms with Gasteiger partial charge in [-0.15, -0.1) is 0 Å². The smallest absolute Gasteiger partial charge is 0.241 e. The van der Waals surface area contributed by atoms with Crippen LogP contribution in [-0.4, -0.2) is 26.4 Å². The highest BCUT2D eigenvalue weighted by Crippen LogP contribution is 2.17. The van der Waals surface area contributed by atoms with Crippen LogP contribution < -0.4 is 10.0 Å². The standard InChI is InChI=1S/C15H22N2O3S/c1-12(15(18)16-13-8-4-2-5-9-13)17-21(19,20)14-10-6-3-7-11-14/h3,6-7,10-13,17H,2,4-5,8-9H2,1H3,(H,16,18)/t12-/m0/s1. The molecule has 6 heteroatoms. The summed E-state index contributed by atoms with van der Waals surface area (Å²) in [5.41, 5.74) is 0. The summed E-state index contributed by atoms with van der Waals surface area (Å²) in [5, 5.41) is 2.93. The number of amides is 1. The van der Waals surface area contributed by atoms with Crippen molar-refractivity contribution >= 4 is 15.9 Å². The molecule has 0 aromatic heterocycles. The quantitative estimate of drug-likeness (QED) is 0.871. The zero-order valence-corrected chi connectivity index (χ0v) is 13.0. The van der Waals surface area contributed by atoms with E-state index in [1.165, 1.54) is 18.6 Å². The Labute approximate surface area is 126 Å². The Balaban J connectivity index is 1.93. The predicted octanol–water partition coefficient (Wildman–Crippen LogP) is 1.80. The third kappa shape index (κ3) is 4.54. The first-order valence-corrected chi connectivity index (χ1v) is 8.85. The molecule has 1 saturated carbocycles. The molecule has 1 aromatic rings. The van der Waals surface area contributed by atoms with Gasteiger partial charge in [0.1, 0.15) is 0 Å². The maximum absolute atomic E-state index is 12.1. The van der Waals surface area contributed by atoms with E-state index in [1.807, 2.05) is 0 Å². The van der Waals surface area contributed by atoms with Gasteiger partial charge in [-0.25, -0.2) is 8.42 Å². The second-order valence-electron chi connectivity index (χ2n) is 5.50. The molecule has 1 aromatic carbocycles. The lowest BCUT2D eigenvalue weighted by molar-refractivity contribution is -0.123. The summed E-state index contributed by atoms with van der Waals surface area (Å²) in [5.74, 6) is -0.263. The van der Waals surface area contributed by atoms with Gasteiger partial charge in [-0.3, -0.25) is 4.79 Å². The molecule has 0 unspecified atom stereocenters. The lowest BCUT2D eigenvalue weighted by Gasteiger charge is -2.24. The van der Waals surface area contributed by atoms with E-state index in [9.17, 15) is 13.2 Å². The van der Waals surface area contributed by atoms with Crippen molar-refractivity contribution in [2.75, 3.05) is 0 Å². The number of nitrogens with one attached hydrogen (secondary N) is 2. The van der Waals surface area contributed by atoms with E-state index in [0.29, 0.717) is 0 Å². The van der Waals surface area contributed by atoms with Crippen LogP contribution in [0.5, 0.6) is 0 Å². The van der Waals surface area contributed by atoms with Crippen LogP contribution in [-0.2, 0) is 14.8 Å². The zero-order chi connectivity index (χ0) is 15.3. The minimum atomic E-state index is -3.66. The fourth-order valence-electron chi connectivity index (χ4n) is 2.53. The normalized spacial score (nSPS) is 18.1. The van der Waals surface area contributed by atoms with Crippen LogP contribution >= 0.6 is 0 Å². The number of hydrogen-bond donors (Lipinski definition) is 2. The van der Waals surface area contributed by atoms with Crippen molar-refractivity contribution in [3.63, 3.8) is 0 Å². The van der Waals surface area contributed by atoms with Crippen molar-refractivity contribution in [2.45, 2.75) is 56.0 Å².